The van der Waals surface area contributed by atoms with Crippen molar-refractivity contribution in [3.8, 4) is 0 Å². The van der Waals surface area contributed by atoms with Crippen molar-refractivity contribution < 1.29 is 42.1 Å². The number of phosphoric ester groups is 1. The minimum atomic E-state index is -4.65. The molecule has 0 spiro atoms. The van der Waals surface area contributed by atoms with E-state index in [2.05, 4.69) is 148 Å². The summed E-state index contributed by atoms with van der Waals surface area (Å²) in [7, 11) is 1.13. The fourth-order valence-corrected chi connectivity index (χ4v) is 8.71. The van der Waals surface area contributed by atoms with Crippen molar-refractivity contribution in [2.24, 2.45) is 0 Å². The molecule has 444 valence electrons. The predicted molar refractivity (Wildman–Crippen MR) is 332 cm³/mol. The molecule has 2 unspecified atom stereocenters. The van der Waals surface area contributed by atoms with Crippen molar-refractivity contribution in [1.82, 2.24) is 0 Å². The summed E-state index contributed by atoms with van der Waals surface area (Å²) in [6.07, 6.45) is 83.6. The van der Waals surface area contributed by atoms with Crippen LogP contribution in [0.15, 0.2) is 134 Å². The maximum atomic E-state index is 12.8. The highest BCUT2D eigenvalue weighted by Gasteiger charge is 2.22. The first-order valence-electron chi connectivity index (χ1n) is 30.9. The lowest BCUT2D eigenvalue weighted by Gasteiger charge is -2.28. The maximum Gasteiger partial charge on any atom is 0.306 e. The molecule has 0 saturated carbocycles. The van der Waals surface area contributed by atoms with Gasteiger partial charge in [-0.1, -0.05) is 244 Å². The Morgan fingerprint density at radius 2 is 0.692 bits per heavy atom. The summed E-state index contributed by atoms with van der Waals surface area (Å²) in [5, 5.41) is 0. The Labute approximate surface area is 479 Å². The number of nitrogens with zero attached hydrogens (tertiary/aromatic N) is 1. The van der Waals surface area contributed by atoms with Gasteiger partial charge in [0.25, 0.3) is 7.82 Å². The van der Waals surface area contributed by atoms with Crippen molar-refractivity contribution in [3.05, 3.63) is 134 Å². The molecule has 0 aromatic rings. The minimum absolute atomic E-state index is 0.0429. The summed E-state index contributed by atoms with van der Waals surface area (Å²) < 4.78 is 34.2. The third-order valence-electron chi connectivity index (χ3n) is 12.7. The Balaban J connectivity index is 4.17. The molecule has 0 radical (unpaired) electrons. The molecule has 0 aromatic heterocycles. The Bertz CT molecular complexity index is 1780. The Morgan fingerprint density at radius 3 is 1.03 bits per heavy atom. The molecular formula is C68H114NO8P. The van der Waals surface area contributed by atoms with Gasteiger partial charge in [-0.15, -0.1) is 0 Å². The number of allylic oxidation sites excluding steroid dienone is 22. The van der Waals surface area contributed by atoms with Crippen LogP contribution in [-0.4, -0.2) is 70.0 Å². The number of hydrogen-bond donors (Lipinski definition) is 0. The lowest BCUT2D eigenvalue weighted by Crippen LogP contribution is -2.37. The summed E-state index contributed by atoms with van der Waals surface area (Å²) in [5.74, 6) is -0.868. The van der Waals surface area contributed by atoms with Gasteiger partial charge in [0.15, 0.2) is 6.10 Å². The van der Waals surface area contributed by atoms with E-state index in [0.717, 1.165) is 116 Å². The minimum Gasteiger partial charge on any atom is -0.756 e. The van der Waals surface area contributed by atoms with E-state index in [1.165, 1.54) is 83.5 Å². The van der Waals surface area contributed by atoms with E-state index in [1.54, 1.807) is 0 Å². The Morgan fingerprint density at radius 1 is 0.397 bits per heavy atom. The fraction of sp³-hybridized carbons (Fsp3) is 0.647. The van der Waals surface area contributed by atoms with E-state index in [0.29, 0.717) is 17.4 Å². The quantitative estimate of drug-likeness (QED) is 0.0195. The van der Waals surface area contributed by atoms with Gasteiger partial charge in [-0.25, -0.2) is 0 Å². The molecule has 0 aliphatic rings. The van der Waals surface area contributed by atoms with E-state index in [1.807, 2.05) is 21.1 Å². The standard InChI is InChI=1S/C68H114NO8P/c1-6-8-10-12-14-16-18-20-22-24-26-28-30-31-32-33-34-35-36-37-39-40-42-44-46-48-50-52-54-56-58-60-67(70)74-64-66(65-76-78(72,73)75-63-62-69(3,4)5)77-68(71)61-59-57-55-53-51-49-47-45-43-41-38-29-27-25-23-21-19-17-15-13-11-9-7-2/h8-11,14-17,20-23,26-29,31-32,41,43,47,49,66H,6-7,12-13,18-19,24-25,30,33-40,42,44-46,48,50-65H2,1-5H3/b10-8-,11-9-,16-14-,17-15-,22-20-,23-21-,28-26-,29-27-,32-31-,43-41-,49-47-. The van der Waals surface area contributed by atoms with Gasteiger partial charge in [0.1, 0.15) is 19.8 Å². The first kappa shape index (κ1) is 74.2. The molecule has 0 saturated heterocycles. The highest BCUT2D eigenvalue weighted by molar-refractivity contribution is 7.45. The van der Waals surface area contributed by atoms with Gasteiger partial charge in [-0.2, -0.15) is 0 Å². The van der Waals surface area contributed by atoms with Gasteiger partial charge in [0.05, 0.1) is 27.7 Å². The van der Waals surface area contributed by atoms with Crippen molar-refractivity contribution in [3.63, 3.8) is 0 Å². The Kier molecular flexibility index (Phi) is 55.0. The number of unbranched alkanes of at least 4 members (excludes halogenated alkanes) is 19. The molecule has 0 amide bonds. The summed E-state index contributed by atoms with van der Waals surface area (Å²) in [6.45, 7) is 3.97. The summed E-state index contributed by atoms with van der Waals surface area (Å²) in [6, 6.07) is 0. The van der Waals surface area contributed by atoms with E-state index in [-0.39, 0.29) is 26.1 Å². The smallest absolute Gasteiger partial charge is 0.306 e. The van der Waals surface area contributed by atoms with Crippen LogP contribution in [0.5, 0.6) is 0 Å². The van der Waals surface area contributed by atoms with Crippen LogP contribution in [0.3, 0.4) is 0 Å². The van der Waals surface area contributed by atoms with Crippen molar-refractivity contribution >= 4 is 19.8 Å². The van der Waals surface area contributed by atoms with E-state index < -0.39 is 32.5 Å². The van der Waals surface area contributed by atoms with Crippen LogP contribution in [0.25, 0.3) is 0 Å². The lowest BCUT2D eigenvalue weighted by molar-refractivity contribution is -0.870. The molecule has 0 bridgehead atoms. The number of phosphoric acid groups is 1. The normalized spacial score (nSPS) is 14.2. The largest absolute Gasteiger partial charge is 0.756 e. The van der Waals surface area contributed by atoms with Crippen LogP contribution in [-0.2, 0) is 32.7 Å². The molecular weight excluding hydrogens is 990 g/mol. The second-order valence-electron chi connectivity index (χ2n) is 21.3. The molecule has 0 aliphatic carbocycles. The van der Waals surface area contributed by atoms with Gasteiger partial charge in [-0.3, -0.25) is 14.2 Å². The summed E-state index contributed by atoms with van der Waals surface area (Å²) in [4.78, 5) is 37.9. The van der Waals surface area contributed by atoms with E-state index >= 15 is 0 Å². The zero-order valence-electron chi connectivity index (χ0n) is 50.3. The molecule has 0 aliphatic heterocycles. The molecule has 9 nitrogen and oxygen atoms in total. The molecule has 0 aromatic carbocycles. The van der Waals surface area contributed by atoms with Gasteiger partial charge in [-0.05, 0) is 109 Å². The SMILES string of the molecule is CC/C=C\C/C=C\C/C=C\C/C=C\C/C=C\C/C=C\CCCCCCC(=O)OC(COC(=O)CCCCCCCCCCCCCCCCC/C=C\C/C=C\C/C=C\C/C=C\C/C=C\CC)COP(=O)([O-])OCC[N+](C)(C)C. The van der Waals surface area contributed by atoms with Gasteiger partial charge in [0, 0.05) is 12.8 Å². The van der Waals surface area contributed by atoms with Crippen LogP contribution >= 0.6 is 7.82 Å². The zero-order valence-corrected chi connectivity index (χ0v) is 51.2. The zero-order chi connectivity index (χ0) is 57.0. The van der Waals surface area contributed by atoms with Gasteiger partial charge in [0.2, 0.25) is 0 Å². The second-order valence-corrected chi connectivity index (χ2v) is 22.7. The number of esters is 2. The molecule has 10 heteroatoms. The second kappa shape index (κ2) is 57.8. The lowest BCUT2D eigenvalue weighted by atomic mass is 10.0. The maximum absolute atomic E-state index is 12.8. The summed E-state index contributed by atoms with van der Waals surface area (Å²) in [5.41, 5.74) is 0. The molecule has 0 rings (SSSR count). The number of quaternary nitrogens is 1. The molecule has 2 atom stereocenters. The Hall–Kier alpha value is -3.85. The molecule has 78 heavy (non-hydrogen) atoms. The van der Waals surface area contributed by atoms with Crippen LogP contribution in [0.1, 0.15) is 232 Å². The molecule has 0 heterocycles. The number of carbonyl (C=O) groups is 2. The van der Waals surface area contributed by atoms with Crippen molar-refractivity contribution in [1.29, 1.82) is 0 Å². The van der Waals surface area contributed by atoms with Crippen LogP contribution < -0.4 is 4.89 Å². The van der Waals surface area contributed by atoms with Crippen molar-refractivity contribution in [2.75, 3.05) is 47.5 Å². The average Bonchev–Trinajstić information content (AvgIpc) is 3.40. The topological polar surface area (TPSA) is 111 Å². The highest BCUT2D eigenvalue weighted by Crippen LogP contribution is 2.38. The van der Waals surface area contributed by atoms with Gasteiger partial charge < -0.3 is 27.9 Å². The molecule has 0 fully saturated rings. The van der Waals surface area contributed by atoms with Crippen LogP contribution in [0.4, 0.5) is 0 Å². The third-order valence-corrected chi connectivity index (χ3v) is 13.6. The van der Waals surface area contributed by atoms with Crippen molar-refractivity contribution in [2.45, 2.75) is 238 Å². The highest BCUT2D eigenvalue weighted by atomic mass is 31.2. The predicted octanol–water partition coefficient (Wildman–Crippen LogP) is 19.1. The van der Waals surface area contributed by atoms with E-state index in [9.17, 15) is 19.0 Å². The summed E-state index contributed by atoms with van der Waals surface area (Å²) >= 11 is 0. The monoisotopic (exact) mass is 1100 g/mol. The first-order chi connectivity index (χ1) is 38.0. The molecule has 0 N–H and O–H groups in total. The number of likely N-dealkylation sites (N-methyl/N-ethyl adjacent to an activating group) is 1. The van der Waals surface area contributed by atoms with Crippen LogP contribution in [0.2, 0.25) is 0 Å². The fourth-order valence-electron chi connectivity index (χ4n) is 7.98. The first-order valence-corrected chi connectivity index (χ1v) is 32.4. The number of rotatable bonds is 55. The number of ether oxygens (including phenoxy) is 2. The number of hydrogen-bond acceptors (Lipinski definition) is 8. The van der Waals surface area contributed by atoms with E-state index in [4.69, 9.17) is 18.5 Å². The number of carbonyl (C=O) groups excluding carboxylic acids is 2. The average molecular weight is 1100 g/mol. The van der Waals surface area contributed by atoms with Crippen LogP contribution in [0, 0.1) is 0 Å². The third kappa shape index (κ3) is 61.4. The van der Waals surface area contributed by atoms with Gasteiger partial charge >= 0.3 is 11.9 Å².